The molecule has 0 atom stereocenters. The quantitative estimate of drug-likeness (QED) is 0.687. The van der Waals surface area contributed by atoms with E-state index in [1.165, 1.54) is 22.3 Å². The van der Waals surface area contributed by atoms with Crippen molar-refractivity contribution in [3.05, 3.63) is 22.3 Å². The minimum absolute atomic E-state index is 0.173. The van der Waals surface area contributed by atoms with Gasteiger partial charge in [0.1, 0.15) is 0 Å². The summed E-state index contributed by atoms with van der Waals surface area (Å²) in [6.45, 7) is 14.5. The highest BCUT2D eigenvalue weighted by Crippen LogP contribution is 2.48. The monoisotopic (exact) mass is 267 g/mol. The van der Waals surface area contributed by atoms with Gasteiger partial charge in [-0.3, -0.25) is 0 Å². The average Bonchev–Trinajstić information content (AvgIpc) is 2.54. The average molecular weight is 267 g/mol. The molecule has 0 saturated carbocycles. The summed E-state index contributed by atoms with van der Waals surface area (Å²) in [6.07, 6.45) is 1.04. The van der Waals surface area contributed by atoms with Gasteiger partial charge in [-0.25, -0.2) is 0 Å². The summed E-state index contributed by atoms with van der Waals surface area (Å²) in [6, 6.07) is 0. The van der Waals surface area contributed by atoms with E-state index in [1.54, 1.807) is 0 Å². The molecule has 0 bridgehead atoms. The van der Waals surface area contributed by atoms with E-state index in [4.69, 9.17) is 15.2 Å². The molecule has 3 heteroatoms. The van der Waals surface area contributed by atoms with Crippen LogP contribution < -0.4 is 5.73 Å². The van der Waals surface area contributed by atoms with E-state index >= 15 is 0 Å². The molecule has 1 aliphatic carbocycles. The zero-order valence-electron chi connectivity index (χ0n) is 13.1. The second-order valence-corrected chi connectivity index (χ2v) is 5.60. The lowest BCUT2D eigenvalue weighted by atomic mass is 9.77. The smallest absolute Gasteiger partial charge is 0.0701 e. The molecule has 0 aromatic carbocycles. The van der Waals surface area contributed by atoms with Crippen molar-refractivity contribution in [3.8, 4) is 0 Å². The second kappa shape index (κ2) is 7.22. The second-order valence-electron chi connectivity index (χ2n) is 5.60. The molecular weight excluding hydrogens is 238 g/mol. The SMILES string of the molecule is CC1=C(C)C(C)(CCOCCOCCN)C(C)=C1C. The fourth-order valence-electron chi connectivity index (χ4n) is 2.73. The molecule has 0 fully saturated rings. The first-order valence-electron chi connectivity index (χ1n) is 7.17. The van der Waals surface area contributed by atoms with Crippen LogP contribution >= 0.6 is 0 Å². The van der Waals surface area contributed by atoms with Crippen molar-refractivity contribution in [3.63, 3.8) is 0 Å². The van der Waals surface area contributed by atoms with Crippen LogP contribution in [-0.4, -0.2) is 33.0 Å². The predicted molar refractivity (Wildman–Crippen MR) is 80.2 cm³/mol. The van der Waals surface area contributed by atoms with Gasteiger partial charge in [0, 0.05) is 18.6 Å². The van der Waals surface area contributed by atoms with Gasteiger partial charge < -0.3 is 15.2 Å². The maximum absolute atomic E-state index is 5.66. The van der Waals surface area contributed by atoms with E-state index < -0.39 is 0 Å². The maximum atomic E-state index is 5.66. The van der Waals surface area contributed by atoms with E-state index in [2.05, 4.69) is 34.6 Å². The van der Waals surface area contributed by atoms with Crippen LogP contribution in [-0.2, 0) is 9.47 Å². The van der Waals surface area contributed by atoms with Gasteiger partial charge in [0.05, 0.1) is 19.8 Å². The van der Waals surface area contributed by atoms with Gasteiger partial charge in [-0.05, 0) is 45.3 Å². The molecule has 0 aromatic rings. The Morgan fingerprint density at radius 3 is 1.79 bits per heavy atom. The van der Waals surface area contributed by atoms with E-state index in [9.17, 15) is 0 Å². The Balaban J connectivity index is 2.37. The van der Waals surface area contributed by atoms with Crippen molar-refractivity contribution < 1.29 is 9.47 Å². The van der Waals surface area contributed by atoms with Crippen molar-refractivity contribution in [2.75, 3.05) is 33.0 Å². The molecule has 1 rings (SSSR count). The van der Waals surface area contributed by atoms with Gasteiger partial charge in [0.25, 0.3) is 0 Å². The van der Waals surface area contributed by atoms with E-state index in [0.717, 1.165) is 13.0 Å². The first-order chi connectivity index (χ1) is 8.95. The normalized spacial score (nSPS) is 18.6. The Labute approximate surface area is 117 Å². The van der Waals surface area contributed by atoms with Crippen LogP contribution in [0.3, 0.4) is 0 Å². The summed E-state index contributed by atoms with van der Waals surface area (Å²) in [5, 5.41) is 0. The Bertz CT molecular complexity index is 345. The molecule has 0 unspecified atom stereocenters. The number of hydrogen-bond acceptors (Lipinski definition) is 3. The summed E-state index contributed by atoms with van der Waals surface area (Å²) >= 11 is 0. The lowest BCUT2D eigenvalue weighted by Gasteiger charge is -2.29. The number of hydrogen-bond donors (Lipinski definition) is 1. The topological polar surface area (TPSA) is 44.5 Å². The summed E-state index contributed by atoms with van der Waals surface area (Å²) in [7, 11) is 0. The number of nitrogens with two attached hydrogens (primary N) is 1. The molecule has 2 N–H and O–H groups in total. The standard InChI is InChI=1S/C16H29NO2/c1-12-13(2)15(4)16(5,14(12)3)6-8-18-10-11-19-9-7-17/h6-11,17H2,1-5H3. The fraction of sp³-hybridized carbons (Fsp3) is 0.750. The van der Waals surface area contributed by atoms with Crippen LogP contribution in [0.2, 0.25) is 0 Å². The molecule has 3 nitrogen and oxygen atoms in total. The van der Waals surface area contributed by atoms with E-state index in [0.29, 0.717) is 26.4 Å². The maximum Gasteiger partial charge on any atom is 0.0701 e. The first kappa shape index (κ1) is 16.4. The molecular formula is C16H29NO2. The molecule has 0 heterocycles. The number of rotatable bonds is 8. The molecule has 0 radical (unpaired) electrons. The molecule has 110 valence electrons. The van der Waals surface area contributed by atoms with Crippen LogP contribution in [0.4, 0.5) is 0 Å². The van der Waals surface area contributed by atoms with Crippen LogP contribution in [0.5, 0.6) is 0 Å². The Morgan fingerprint density at radius 2 is 1.32 bits per heavy atom. The molecule has 0 aromatic heterocycles. The van der Waals surface area contributed by atoms with Crippen molar-refractivity contribution in [1.29, 1.82) is 0 Å². The highest BCUT2D eigenvalue weighted by atomic mass is 16.5. The third-order valence-corrected chi connectivity index (χ3v) is 4.72. The minimum Gasteiger partial charge on any atom is -0.379 e. The van der Waals surface area contributed by atoms with Crippen molar-refractivity contribution >= 4 is 0 Å². The molecule has 0 amide bonds. The Morgan fingerprint density at radius 1 is 0.842 bits per heavy atom. The lowest BCUT2D eigenvalue weighted by molar-refractivity contribution is 0.0437. The van der Waals surface area contributed by atoms with Crippen molar-refractivity contribution in [1.82, 2.24) is 0 Å². The third-order valence-electron chi connectivity index (χ3n) is 4.72. The van der Waals surface area contributed by atoms with Gasteiger partial charge in [0.2, 0.25) is 0 Å². The summed E-state index contributed by atoms with van der Waals surface area (Å²) in [5.41, 5.74) is 11.4. The highest BCUT2D eigenvalue weighted by Gasteiger charge is 2.35. The van der Waals surface area contributed by atoms with Gasteiger partial charge in [-0.1, -0.05) is 18.1 Å². The zero-order chi connectivity index (χ0) is 14.5. The molecule has 1 aliphatic rings. The summed E-state index contributed by atoms with van der Waals surface area (Å²) in [5.74, 6) is 0. The highest BCUT2D eigenvalue weighted by molar-refractivity contribution is 5.49. The molecule has 0 saturated heterocycles. The number of ether oxygens (including phenoxy) is 2. The zero-order valence-corrected chi connectivity index (χ0v) is 13.1. The summed E-state index contributed by atoms with van der Waals surface area (Å²) < 4.78 is 11.0. The van der Waals surface area contributed by atoms with Crippen LogP contribution in [0.25, 0.3) is 0 Å². The number of allylic oxidation sites excluding steroid dienone is 4. The Kier molecular flexibility index (Phi) is 6.24. The molecule has 19 heavy (non-hydrogen) atoms. The van der Waals surface area contributed by atoms with Crippen LogP contribution in [0, 0.1) is 5.41 Å². The summed E-state index contributed by atoms with van der Waals surface area (Å²) in [4.78, 5) is 0. The molecule has 0 aliphatic heterocycles. The minimum atomic E-state index is 0.173. The lowest BCUT2D eigenvalue weighted by Crippen LogP contribution is -2.21. The van der Waals surface area contributed by atoms with Crippen LogP contribution in [0.15, 0.2) is 22.3 Å². The van der Waals surface area contributed by atoms with Gasteiger partial charge in [0.15, 0.2) is 0 Å². The Hall–Kier alpha value is -0.640. The van der Waals surface area contributed by atoms with Gasteiger partial charge in [-0.2, -0.15) is 0 Å². The molecule has 0 spiro atoms. The third kappa shape index (κ3) is 3.68. The van der Waals surface area contributed by atoms with Crippen molar-refractivity contribution in [2.45, 2.75) is 41.0 Å². The van der Waals surface area contributed by atoms with E-state index in [-0.39, 0.29) is 5.41 Å². The van der Waals surface area contributed by atoms with Gasteiger partial charge in [-0.15, -0.1) is 0 Å². The van der Waals surface area contributed by atoms with Gasteiger partial charge >= 0.3 is 0 Å². The predicted octanol–water partition coefficient (Wildman–Crippen LogP) is 3.06. The fourth-order valence-corrected chi connectivity index (χ4v) is 2.73. The largest absolute Gasteiger partial charge is 0.379 e. The van der Waals surface area contributed by atoms with E-state index in [1.807, 2.05) is 0 Å². The van der Waals surface area contributed by atoms with Crippen molar-refractivity contribution in [2.24, 2.45) is 11.1 Å². The van der Waals surface area contributed by atoms with Crippen LogP contribution in [0.1, 0.15) is 41.0 Å². The first-order valence-corrected chi connectivity index (χ1v) is 7.17.